The Balaban J connectivity index is 1.26. The molecule has 50 heavy (non-hydrogen) atoms. The van der Waals surface area contributed by atoms with Crippen LogP contribution in [-0.4, -0.2) is 71.4 Å². The highest BCUT2D eigenvalue weighted by Gasteiger charge is 2.35. The van der Waals surface area contributed by atoms with Gasteiger partial charge in [-0.05, 0) is 61.7 Å². The van der Waals surface area contributed by atoms with Crippen LogP contribution in [0.15, 0.2) is 67.1 Å². The van der Waals surface area contributed by atoms with Crippen LogP contribution < -0.4 is 9.64 Å². The number of aromatic nitrogens is 3. The molecule has 1 unspecified atom stereocenters. The third-order valence-corrected chi connectivity index (χ3v) is 10.00. The van der Waals surface area contributed by atoms with Crippen LogP contribution in [-0.2, 0) is 15.7 Å². The van der Waals surface area contributed by atoms with Gasteiger partial charge in [0.2, 0.25) is 0 Å². The molecule has 2 aromatic carbocycles. The lowest BCUT2D eigenvalue weighted by molar-refractivity contribution is -0.139. The van der Waals surface area contributed by atoms with Crippen LogP contribution in [0.25, 0.3) is 27.2 Å². The van der Waals surface area contributed by atoms with E-state index in [0.29, 0.717) is 30.2 Å². The van der Waals surface area contributed by atoms with Crippen LogP contribution in [0.4, 0.5) is 23.8 Å². The number of nitrogens with zero attached hydrogens (tertiary/aromatic N) is 5. The molecule has 262 valence electrons. The van der Waals surface area contributed by atoms with E-state index in [-0.39, 0.29) is 28.3 Å². The number of anilines is 1. The summed E-state index contributed by atoms with van der Waals surface area (Å²) in [5.74, 6) is 0.273. The van der Waals surface area contributed by atoms with Gasteiger partial charge in [-0.1, -0.05) is 25.1 Å². The second-order valence-electron chi connectivity index (χ2n) is 12.0. The van der Waals surface area contributed by atoms with Gasteiger partial charge in [0.25, 0.3) is 0 Å². The second kappa shape index (κ2) is 14.0. The number of methoxy groups -OCH3 is 2. The van der Waals surface area contributed by atoms with Crippen LogP contribution >= 0.6 is 11.3 Å². The fraction of sp³-hybridized carbons (Fsp3) is 0.333. The first kappa shape index (κ1) is 34.7. The molecule has 14 heteroatoms. The number of rotatable bonds is 8. The zero-order chi connectivity index (χ0) is 35.7. The summed E-state index contributed by atoms with van der Waals surface area (Å²) in [6, 6.07) is 14.8. The SMILES string of the molecule is CCC1CN(c2ccc(-c3cc(C)c4c(c3)ncn4-c3cc(O[C@H](C)c4ccccc4C(F)(F)F)c(C(=O)OC)s3)cn2)CCN1C(=O)OC. The number of aryl methyl sites for hydroxylation is 1. The van der Waals surface area contributed by atoms with Crippen molar-refractivity contribution in [3.05, 3.63) is 88.7 Å². The molecule has 0 N–H and O–H groups in total. The van der Waals surface area contributed by atoms with Crippen LogP contribution in [0.1, 0.15) is 52.7 Å². The number of carbonyl (C=O) groups excluding carboxylic acids is 2. The van der Waals surface area contributed by atoms with Gasteiger partial charge >= 0.3 is 18.2 Å². The number of thiophene rings is 1. The van der Waals surface area contributed by atoms with Crippen molar-refractivity contribution in [3.8, 4) is 21.9 Å². The molecule has 1 fully saturated rings. The van der Waals surface area contributed by atoms with E-state index in [0.717, 1.165) is 51.8 Å². The molecule has 0 radical (unpaired) electrons. The van der Waals surface area contributed by atoms with E-state index in [1.807, 2.05) is 48.9 Å². The zero-order valence-corrected chi connectivity index (χ0v) is 29.0. The van der Waals surface area contributed by atoms with Gasteiger partial charge in [0.15, 0.2) is 4.88 Å². The highest BCUT2D eigenvalue weighted by Crippen LogP contribution is 2.40. The largest absolute Gasteiger partial charge is 0.484 e. The summed E-state index contributed by atoms with van der Waals surface area (Å²) in [4.78, 5) is 38.4. The predicted molar refractivity (Wildman–Crippen MR) is 184 cm³/mol. The van der Waals surface area contributed by atoms with Crippen LogP contribution in [0.5, 0.6) is 5.75 Å². The molecule has 6 rings (SSSR count). The third kappa shape index (κ3) is 6.71. The molecular formula is C36H36F3N5O5S. The van der Waals surface area contributed by atoms with Gasteiger partial charge < -0.3 is 24.0 Å². The quantitative estimate of drug-likeness (QED) is 0.149. The number of pyridine rings is 1. The zero-order valence-electron chi connectivity index (χ0n) is 28.2. The summed E-state index contributed by atoms with van der Waals surface area (Å²) in [6.07, 6.45) is -1.63. The van der Waals surface area contributed by atoms with Crippen molar-refractivity contribution in [1.82, 2.24) is 19.4 Å². The number of piperazine rings is 1. The maximum atomic E-state index is 13.7. The lowest BCUT2D eigenvalue weighted by atomic mass is 10.0. The number of ether oxygens (including phenoxy) is 3. The normalized spacial score (nSPS) is 15.6. The Morgan fingerprint density at radius 3 is 2.48 bits per heavy atom. The van der Waals surface area contributed by atoms with Crippen LogP contribution in [0, 0.1) is 6.92 Å². The molecule has 0 spiro atoms. The Kier molecular flexibility index (Phi) is 9.74. The van der Waals surface area contributed by atoms with Crippen molar-refractivity contribution in [1.29, 1.82) is 0 Å². The minimum absolute atomic E-state index is 0.0297. The topological polar surface area (TPSA) is 99.0 Å². The van der Waals surface area contributed by atoms with Gasteiger partial charge in [-0.3, -0.25) is 4.57 Å². The summed E-state index contributed by atoms with van der Waals surface area (Å²) in [5.41, 5.74) is 3.39. The average molecular weight is 708 g/mol. The van der Waals surface area contributed by atoms with E-state index >= 15 is 0 Å². The average Bonchev–Trinajstić information content (AvgIpc) is 3.75. The van der Waals surface area contributed by atoms with Crippen molar-refractivity contribution >= 4 is 40.3 Å². The Morgan fingerprint density at radius 1 is 1.02 bits per heavy atom. The monoisotopic (exact) mass is 707 g/mol. The molecule has 1 aliphatic heterocycles. The summed E-state index contributed by atoms with van der Waals surface area (Å²) in [5, 5.41) is 0.582. The summed E-state index contributed by atoms with van der Waals surface area (Å²) in [7, 11) is 2.63. The van der Waals surface area contributed by atoms with Crippen molar-refractivity contribution in [2.24, 2.45) is 0 Å². The van der Waals surface area contributed by atoms with Crippen molar-refractivity contribution in [2.45, 2.75) is 45.5 Å². The Morgan fingerprint density at radius 2 is 1.80 bits per heavy atom. The fourth-order valence-electron chi connectivity index (χ4n) is 6.37. The Bertz CT molecular complexity index is 2030. The lowest BCUT2D eigenvalue weighted by Gasteiger charge is -2.40. The van der Waals surface area contributed by atoms with E-state index < -0.39 is 23.8 Å². The number of carbonyl (C=O) groups is 2. The van der Waals surface area contributed by atoms with E-state index in [9.17, 15) is 22.8 Å². The number of imidazole rings is 1. The van der Waals surface area contributed by atoms with Crippen molar-refractivity contribution < 1.29 is 37.0 Å². The number of amides is 1. The Labute approximate surface area is 291 Å². The van der Waals surface area contributed by atoms with E-state index in [4.69, 9.17) is 19.2 Å². The lowest BCUT2D eigenvalue weighted by Crippen LogP contribution is -2.55. The first-order chi connectivity index (χ1) is 23.9. The summed E-state index contributed by atoms with van der Waals surface area (Å²) < 4.78 is 59.0. The maximum absolute atomic E-state index is 13.7. The first-order valence-electron chi connectivity index (χ1n) is 16.0. The molecule has 0 aliphatic carbocycles. The Hall–Kier alpha value is -5.11. The van der Waals surface area contributed by atoms with Gasteiger partial charge in [-0.2, -0.15) is 13.2 Å². The predicted octanol–water partition coefficient (Wildman–Crippen LogP) is 8.07. The van der Waals surface area contributed by atoms with Crippen LogP contribution in [0.3, 0.4) is 0 Å². The molecule has 2 atom stereocenters. The van der Waals surface area contributed by atoms with E-state index in [1.165, 1.54) is 39.3 Å². The van der Waals surface area contributed by atoms with E-state index in [2.05, 4.69) is 9.88 Å². The number of fused-ring (bicyclic) bond motifs is 1. The summed E-state index contributed by atoms with van der Waals surface area (Å²) in [6.45, 7) is 7.37. The molecule has 10 nitrogen and oxygen atoms in total. The molecule has 4 heterocycles. The fourth-order valence-corrected chi connectivity index (χ4v) is 7.35. The number of esters is 1. The number of benzene rings is 2. The third-order valence-electron chi connectivity index (χ3n) is 8.90. The highest BCUT2D eigenvalue weighted by molar-refractivity contribution is 7.16. The van der Waals surface area contributed by atoms with Crippen molar-refractivity contribution in [3.63, 3.8) is 0 Å². The second-order valence-corrected chi connectivity index (χ2v) is 13.0. The number of halogens is 3. The molecular weight excluding hydrogens is 671 g/mol. The van der Waals surface area contributed by atoms with Crippen molar-refractivity contribution in [2.75, 3.05) is 38.8 Å². The molecule has 0 bridgehead atoms. The summed E-state index contributed by atoms with van der Waals surface area (Å²) >= 11 is 1.10. The molecule has 0 saturated carbocycles. The van der Waals surface area contributed by atoms with Gasteiger partial charge in [-0.15, -0.1) is 11.3 Å². The first-order valence-corrected chi connectivity index (χ1v) is 16.8. The van der Waals surface area contributed by atoms with Crippen LogP contribution in [0.2, 0.25) is 0 Å². The number of alkyl halides is 3. The van der Waals surface area contributed by atoms with E-state index in [1.54, 1.807) is 17.3 Å². The molecule has 1 saturated heterocycles. The van der Waals surface area contributed by atoms with Gasteiger partial charge in [0.05, 0.1) is 36.9 Å². The molecule has 1 amide bonds. The molecule has 5 aromatic rings. The number of hydrogen-bond donors (Lipinski definition) is 0. The number of hydrogen-bond acceptors (Lipinski definition) is 9. The van der Waals surface area contributed by atoms with Gasteiger partial charge in [0.1, 0.15) is 29.0 Å². The minimum Gasteiger partial charge on any atom is -0.484 e. The van der Waals surface area contributed by atoms with Gasteiger partial charge in [-0.25, -0.2) is 19.6 Å². The smallest absolute Gasteiger partial charge is 0.416 e. The molecule has 3 aromatic heterocycles. The standard InChI is InChI=1S/C36H36F3N5O5S/c1-6-25-19-42(13-14-43(25)35(46)48-5)30-12-11-23(18-40-30)24-15-21(2)32-28(16-24)41-20-44(32)31-17-29(33(50-31)34(45)47-4)49-22(3)26-9-7-8-10-27(26)36(37,38)39/h7-12,15-18,20,22,25H,6,13-14,19H2,1-5H3/t22-,25?/m1/s1. The minimum atomic E-state index is -4.57. The molecule has 1 aliphatic rings. The highest BCUT2D eigenvalue weighted by atomic mass is 32.1. The maximum Gasteiger partial charge on any atom is 0.416 e. The van der Waals surface area contributed by atoms with Gasteiger partial charge in [0, 0.05) is 43.0 Å².